The van der Waals surface area contributed by atoms with Gasteiger partial charge in [0.25, 0.3) is 0 Å². The van der Waals surface area contributed by atoms with Crippen molar-refractivity contribution < 1.29 is 23.8 Å². The predicted octanol–water partition coefficient (Wildman–Crippen LogP) is 1.91. The molecule has 29 heavy (non-hydrogen) atoms. The van der Waals surface area contributed by atoms with Gasteiger partial charge in [0.2, 0.25) is 11.8 Å². The number of carbonyl (C=O) groups is 2. The Bertz CT molecular complexity index is 867. The van der Waals surface area contributed by atoms with Gasteiger partial charge in [0.15, 0.2) is 11.5 Å². The van der Waals surface area contributed by atoms with Crippen molar-refractivity contribution in [2.24, 2.45) is 5.10 Å². The minimum absolute atomic E-state index is 0.304. The van der Waals surface area contributed by atoms with Crippen LogP contribution in [0, 0.1) is 0 Å². The van der Waals surface area contributed by atoms with Crippen LogP contribution in [-0.4, -0.2) is 45.9 Å². The van der Waals surface area contributed by atoms with E-state index in [2.05, 4.69) is 15.8 Å². The minimum Gasteiger partial charge on any atom is -0.497 e. The van der Waals surface area contributed by atoms with Crippen LogP contribution in [0.2, 0.25) is 0 Å². The molecule has 0 aromatic heterocycles. The summed E-state index contributed by atoms with van der Waals surface area (Å²) in [6.07, 6.45) is 1.78. The second-order valence-corrected chi connectivity index (χ2v) is 6.04. The van der Waals surface area contributed by atoms with Crippen molar-refractivity contribution in [1.82, 2.24) is 10.7 Å². The van der Waals surface area contributed by atoms with E-state index < -0.39 is 5.91 Å². The Morgan fingerprint density at radius 2 is 1.76 bits per heavy atom. The Balaban J connectivity index is 1.73. The van der Waals surface area contributed by atoms with Gasteiger partial charge in [0.05, 0.1) is 27.5 Å². The van der Waals surface area contributed by atoms with Crippen LogP contribution < -0.4 is 25.0 Å². The summed E-state index contributed by atoms with van der Waals surface area (Å²) in [5.74, 6) is 1.09. The molecule has 0 radical (unpaired) electrons. The number of benzene rings is 2. The molecule has 0 bridgehead atoms. The van der Waals surface area contributed by atoms with Gasteiger partial charge in [0, 0.05) is 6.54 Å². The first kappa shape index (κ1) is 21.7. The molecule has 0 aliphatic heterocycles. The van der Waals surface area contributed by atoms with E-state index in [1.165, 1.54) is 6.21 Å². The SMILES string of the molecule is COc1cccc(/C=N\NC(=O)CC(=O)NCCc2ccc(OC)c(OC)c2)c1. The maximum absolute atomic E-state index is 11.9. The van der Waals surface area contributed by atoms with Crippen LogP contribution in [0.5, 0.6) is 17.2 Å². The van der Waals surface area contributed by atoms with Crippen LogP contribution in [0.25, 0.3) is 0 Å². The number of methoxy groups -OCH3 is 3. The lowest BCUT2D eigenvalue weighted by atomic mass is 10.1. The summed E-state index contributed by atoms with van der Waals surface area (Å²) >= 11 is 0. The molecule has 0 fully saturated rings. The average Bonchev–Trinajstić information content (AvgIpc) is 2.73. The van der Waals surface area contributed by atoms with Crippen molar-refractivity contribution >= 4 is 18.0 Å². The van der Waals surface area contributed by atoms with Gasteiger partial charge in [-0.2, -0.15) is 5.10 Å². The molecule has 0 aliphatic rings. The smallest absolute Gasteiger partial charge is 0.249 e. The Morgan fingerprint density at radius 3 is 2.48 bits per heavy atom. The summed E-state index contributed by atoms with van der Waals surface area (Å²) in [5.41, 5.74) is 4.08. The van der Waals surface area contributed by atoms with E-state index in [1.807, 2.05) is 36.4 Å². The van der Waals surface area contributed by atoms with Crippen molar-refractivity contribution in [2.75, 3.05) is 27.9 Å². The van der Waals surface area contributed by atoms with Crippen LogP contribution in [0.15, 0.2) is 47.6 Å². The topological polar surface area (TPSA) is 98.2 Å². The molecule has 2 aromatic carbocycles. The van der Waals surface area contributed by atoms with Gasteiger partial charge in [0.1, 0.15) is 12.2 Å². The van der Waals surface area contributed by atoms with Crippen LogP contribution in [0.4, 0.5) is 0 Å². The Kier molecular flexibility index (Phi) is 8.50. The van der Waals surface area contributed by atoms with Gasteiger partial charge in [-0.3, -0.25) is 9.59 Å². The number of rotatable bonds is 10. The van der Waals surface area contributed by atoms with Gasteiger partial charge in [-0.05, 0) is 41.8 Å². The highest BCUT2D eigenvalue weighted by atomic mass is 16.5. The van der Waals surface area contributed by atoms with E-state index in [4.69, 9.17) is 14.2 Å². The van der Waals surface area contributed by atoms with Crippen LogP contribution in [-0.2, 0) is 16.0 Å². The Hall–Kier alpha value is -3.55. The first-order valence-corrected chi connectivity index (χ1v) is 8.99. The van der Waals surface area contributed by atoms with Crippen LogP contribution >= 0.6 is 0 Å². The van der Waals surface area contributed by atoms with Gasteiger partial charge in [-0.1, -0.05) is 18.2 Å². The van der Waals surface area contributed by atoms with Crippen molar-refractivity contribution in [1.29, 1.82) is 0 Å². The average molecular weight is 399 g/mol. The fraction of sp³-hybridized carbons (Fsp3) is 0.286. The third-order valence-electron chi connectivity index (χ3n) is 4.00. The van der Waals surface area contributed by atoms with E-state index in [0.717, 1.165) is 11.1 Å². The van der Waals surface area contributed by atoms with Crippen LogP contribution in [0.1, 0.15) is 17.5 Å². The molecule has 154 valence electrons. The monoisotopic (exact) mass is 399 g/mol. The quantitative estimate of drug-likeness (QED) is 0.361. The third-order valence-corrected chi connectivity index (χ3v) is 4.00. The van der Waals surface area contributed by atoms with E-state index in [0.29, 0.717) is 30.2 Å². The lowest BCUT2D eigenvalue weighted by molar-refractivity contribution is -0.129. The molecule has 0 aliphatic carbocycles. The Morgan fingerprint density at radius 1 is 0.966 bits per heavy atom. The number of ether oxygens (including phenoxy) is 3. The second-order valence-electron chi connectivity index (χ2n) is 6.04. The molecule has 8 heteroatoms. The fourth-order valence-corrected chi connectivity index (χ4v) is 2.53. The zero-order chi connectivity index (χ0) is 21.1. The zero-order valence-electron chi connectivity index (χ0n) is 16.7. The molecule has 0 saturated carbocycles. The Labute approximate surface area is 169 Å². The number of nitrogens with zero attached hydrogens (tertiary/aromatic N) is 1. The first-order valence-electron chi connectivity index (χ1n) is 8.99. The molecule has 2 rings (SSSR count). The van der Waals surface area contributed by atoms with Gasteiger partial charge < -0.3 is 19.5 Å². The van der Waals surface area contributed by atoms with E-state index in [1.54, 1.807) is 27.4 Å². The first-order chi connectivity index (χ1) is 14.0. The number of hydrogen-bond donors (Lipinski definition) is 2. The van der Waals surface area contributed by atoms with Crippen LogP contribution in [0.3, 0.4) is 0 Å². The molecular weight excluding hydrogens is 374 g/mol. The summed E-state index contributed by atoms with van der Waals surface area (Å²) in [5, 5.41) is 6.56. The maximum Gasteiger partial charge on any atom is 0.249 e. The van der Waals surface area contributed by atoms with Crippen molar-refractivity contribution in [2.45, 2.75) is 12.8 Å². The van der Waals surface area contributed by atoms with Crippen molar-refractivity contribution in [3.63, 3.8) is 0 Å². The number of amides is 2. The van der Waals surface area contributed by atoms with Gasteiger partial charge in [-0.15, -0.1) is 0 Å². The lowest BCUT2D eigenvalue weighted by Gasteiger charge is -2.10. The van der Waals surface area contributed by atoms with E-state index in [9.17, 15) is 9.59 Å². The number of hydrazone groups is 1. The second kappa shape index (κ2) is 11.3. The molecular formula is C21H25N3O5. The fourth-order valence-electron chi connectivity index (χ4n) is 2.53. The van der Waals surface area contributed by atoms with E-state index in [-0.39, 0.29) is 12.3 Å². The molecule has 0 atom stereocenters. The highest BCUT2D eigenvalue weighted by molar-refractivity contribution is 5.97. The zero-order valence-corrected chi connectivity index (χ0v) is 16.7. The van der Waals surface area contributed by atoms with Gasteiger partial charge in [-0.25, -0.2) is 5.43 Å². The maximum atomic E-state index is 11.9. The summed E-state index contributed by atoms with van der Waals surface area (Å²) < 4.78 is 15.6. The molecule has 0 unspecified atom stereocenters. The molecule has 0 saturated heterocycles. The highest BCUT2D eigenvalue weighted by Gasteiger charge is 2.09. The summed E-state index contributed by atoms with van der Waals surface area (Å²) in [6.45, 7) is 0.397. The molecule has 2 amide bonds. The predicted molar refractivity (Wildman–Crippen MR) is 110 cm³/mol. The number of nitrogens with one attached hydrogen (secondary N) is 2. The summed E-state index contributed by atoms with van der Waals surface area (Å²) in [4.78, 5) is 23.7. The molecule has 8 nitrogen and oxygen atoms in total. The van der Waals surface area contributed by atoms with E-state index >= 15 is 0 Å². The largest absolute Gasteiger partial charge is 0.497 e. The molecule has 0 spiro atoms. The lowest BCUT2D eigenvalue weighted by Crippen LogP contribution is -2.31. The number of hydrogen-bond acceptors (Lipinski definition) is 6. The minimum atomic E-state index is -0.493. The summed E-state index contributed by atoms with van der Waals surface area (Å²) in [7, 11) is 4.71. The number of carbonyl (C=O) groups excluding carboxylic acids is 2. The normalized spacial score (nSPS) is 10.4. The molecule has 2 aromatic rings. The molecule has 0 heterocycles. The summed E-state index contributed by atoms with van der Waals surface area (Å²) in [6, 6.07) is 12.8. The third kappa shape index (κ3) is 7.17. The standard InChI is InChI=1S/C21H25N3O5/c1-27-17-6-4-5-16(11-17)14-23-24-21(26)13-20(25)22-10-9-15-7-8-18(28-2)19(12-15)29-3/h4-8,11-12,14H,9-10,13H2,1-3H3,(H,22,25)(H,24,26)/b23-14-. The van der Waals surface area contributed by atoms with Gasteiger partial charge >= 0.3 is 0 Å². The molecule has 2 N–H and O–H groups in total. The highest BCUT2D eigenvalue weighted by Crippen LogP contribution is 2.27. The van der Waals surface area contributed by atoms with Crippen molar-refractivity contribution in [3.8, 4) is 17.2 Å². The van der Waals surface area contributed by atoms with Crippen molar-refractivity contribution in [3.05, 3.63) is 53.6 Å².